The van der Waals surface area contributed by atoms with Crippen molar-refractivity contribution in [3.63, 3.8) is 0 Å². The topological polar surface area (TPSA) is 95.1 Å². The Balaban J connectivity index is 2.17. The molecular formula is C11H19N3O3S. The minimum Gasteiger partial charge on any atom is -0.390 e. The van der Waals surface area contributed by atoms with E-state index in [-0.39, 0.29) is 22.6 Å². The zero-order valence-electron chi connectivity index (χ0n) is 10.7. The summed E-state index contributed by atoms with van der Waals surface area (Å²) in [4.78, 5) is 0.0805. The molecule has 1 fully saturated rings. The van der Waals surface area contributed by atoms with E-state index in [1.807, 2.05) is 0 Å². The van der Waals surface area contributed by atoms with E-state index in [0.29, 0.717) is 12.2 Å². The SMILES string of the molecule is CCC1(CNS(=O)(=O)c2c(CO)n[nH]c2C)CC1. The van der Waals surface area contributed by atoms with Crippen molar-refractivity contribution in [1.29, 1.82) is 0 Å². The predicted octanol–water partition coefficient (Wildman–Crippen LogP) is 0.679. The van der Waals surface area contributed by atoms with Gasteiger partial charge in [0.2, 0.25) is 10.0 Å². The van der Waals surface area contributed by atoms with Gasteiger partial charge < -0.3 is 5.11 Å². The van der Waals surface area contributed by atoms with Gasteiger partial charge in [0.1, 0.15) is 10.6 Å². The Bertz CT molecular complexity index is 532. The second kappa shape index (κ2) is 4.64. The highest BCUT2D eigenvalue weighted by Gasteiger charge is 2.41. The number of hydrogen-bond acceptors (Lipinski definition) is 4. The molecule has 1 heterocycles. The first-order valence-electron chi connectivity index (χ1n) is 6.08. The predicted molar refractivity (Wildman–Crippen MR) is 66.4 cm³/mol. The quantitative estimate of drug-likeness (QED) is 0.710. The summed E-state index contributed by atoms with van der Waals surface area (Å²) < 4.78 is 27.0. The molecule has 1 aromatic heterocycles. The maximum absolute atomic E-state index is 12.2. The van der Waals surface area contributed by atoms with Crippen LogP contribution in [0.15, 0.2) is 4.90 Å². The fraction of sp³-hybridized carbons (Fsp3) is 0.727. The number of hydrogen-bond donors (Lipinski definition) is 3. The molecule has 0 aromatic carbocycles. The molecule has 0 radical (unpaired) electrons. The molecule has 102 valence electrons. The van der Waals surface area contributed by atoms with E-state index in [0.717, 1.165) is 19.3 Å². The van der Waals surface area contributed by atoms with E-state index in [9.17, 15) is 8.42 Å². The van der Waals surface area contributed by atoms with E-state index in [2.05, 4.69) is 21.8 Å². The summed E-state index contributed by atoms with van der Waals surface area (Å²) in [6.45, 7) is 3.78. The lowest BCUT2D eigenvalue weighted by Crippen LogP contribution is -2.31. The van der Waals surface area contributed by atoms with Gasteiger partial charge in [0.25, 0.3) is 0 Å². The highest BCUT2D eigenvalue weighted by atomic mass is 32.2. The number of rotatable bonds is 6. The molecule has 3 N–H and O–H groups in total. The number of nitrogens with one attached hydrogen (secondary N) is 2. The lowest BCUT2D eigenvalue weighted by Gasteiger charge is -2.13. The third-order valence-electron chi connectivity index (χ3n) is 3.72. The van der Waals surface area contributed by atoms with Crippen LogP contribution in [0.2, 0.25) is 0 Å². The molecule has 1 saturated carbocycles. The Morgan fingerprint density at radius 3 is 2.67 bits per heavy atom. The first-order valence-corrected chi connectivity index (χ1v) is 7.57. The van der Waals surface area contributed by atoms with Gasteiger partial charge in [-0.25, -0.2) is 13.1 Å². The van der Waals surface area contributed by atoms with Gasteiger partial charge in [-0.15, -0.1) is 0 Å². The molecule has 6 nitrogen and oxygen atoms in total. The second-order valence-corrected chi connectivity index (χ2v) is 6.66. The van der Waals surface area contributed by atoms with E-state index in [1.165, 1.54) is 0 Å². The van der Waals surface area contributed by atoms with E-state index in [1.54, 1.807) is 6.92 Å². The van der Waals surface area contributed by atoms with Crippen LogP contribution in [0.25, 0.3) is 0 Å². The Hall–Kier alpha value is -0.920. The molecule has 0 bridgehead atoms. The van der Waals surface area contributed by atoms with Crippen LogP contribution in [0.5, 0.6) is 0 Å². The summed E-state index contributed by atoms with van der Waals surface area (Å²) >= 11 is 0. The Morgan fingerprint density at radius 2 is 2.17 bits per heavy atom. The third kappa shape index (κ3) is 2.43. The standard InChI is InChI=1S/C11H19N3O3S/c1-3-11(4-5-11)7-12-18(16,17)10-8(2)13-14-9(10)6-15/h12,15H,3-7H2,1-2H3,(H,13,14). The number of aliphatic hydroxyl groups is 1. The fourth-order valence-electron chi connectivity index (χ4n) is 2.09. The first-order chi connectivity index (χ1) is 8.44. The Morgan fingerprint density at radius 1 is 1.50 bits per heavy atom. The summed E-state index contributed by atoms with van der Waals surface area (Å²) in [6.07, 6.45) is 3.12. The number of sulfonamides is 1. The minimum absolute atomic E-state index is 0.0805. The molecule has 0 atom stereocenters. The van der Waals surface area contributed by atoms with Crippen molar-refractivity contribution in [2.75, 3.05) is 6.54 Å². The van der Waals surface area contributed by atoms with Gasteiger partial charge in [0, 0.05) is 6.54 Å². The van der Waals surface area contributed by atoms with Crippen molar-refractivity contribution in [3.05, 3.63) is 11.4 Å². The normalized spacial score (nSPS) is 17.9. The number of aromatic nitrogens is 2. The van der Waals surface area contributed by atoms with Crippen LogP contribution >= 0.6 is 0 Å². The van der Waals surface area contributed by atoms with Crippen molar-refractivity contribution in [2.45, 2.75) is 44.6 Å². The highest BCUT2D eigenvalue weighted by Crippen LogP contribution is 2.48. The molecule has 2 rings (SSSR count). The zero-order chi connectivity index (χ0) is 13.4. The zero-order valence-corrected chi connectivity index (χ0v) is 11.5. The average Bonchev–Trinajstić information content (AvgIpc) is 3.03. The Kier molecular flexibility index (Phi) is 3.48. The summed E-state index contributed by atoms with van der Waals surface area (Å²) in [5, 5.41) is 15.5. The van der Waals surface area contributed by atoms with Crippen molar-refractivity contribution >= 4 is 10.0 Å². The number of nitrogens with zero attached hydrogens (tertiary/aromatic N) is 1. The lowest BCUT2D eigenvalue weighted by atomic mass is 10.1. The molecule has 0 aliphatic heterocycles. The minimum atomic E-state index is -3.60. The number of H-pyrrole nitrogens is 1. The second-order valence-electron chi connectivity index (χ2n) is 4.96. The van der Waals surface area contributed by atoms with Crippen molar-refractivity contribution in [3.8, 4) is 0 Å². The van der Waals surface area contributed by atoms with Crippen LogP contribution in [-0.2, 0) is 16.6 Å². The molecule has 1 aromatic rings. The van der Waals surface area contributed by atoms with Crippen molar-refractivity contribution in [2.24, 2.45) is 5.41 Å². The number of aryl methyl sites for hydroxylation is 1. The van der Waals surface area contributed by atoms with E-state index >= 15 is 0 Å². The van der Waals surface area contributed by atoms with Crippen LogP contribution in [0.4, 0.5) is 0 Å². The first kappa shape index (κ1) is 13.5. The maximum atomic E-state index is 12.2. The summed E-state index contributed by atoms with van der Waals surface area (Å²) in [5.41, 5.74) is 0.763. The molecule has 0 amide bonds. The van der Waals surface area contributed by atoms with Gasteiger partial charge in [-0.3, -0.25) is 5.10 Å². The van der Waals surface area contributed by atoms with E-state index < -0.39 is 10.0 Å². The van der Waals surface area contributed by atoms with Crippen LogP contribution in [0, 0.1) is 12.3 Å². The third-order valence-corrected chi connectivity index (χ3v) is 5.33. The average molecular weight is 273 g/mol. The van der Waals surface area contributed by atoms with Crippen LogP contribution < -0.4 is 4.72 Å². The Labute approximate surface area is 107 Å². The van der Waals surface area contributed by atoms with Gasteiger partial charge >= 0.3 is 0 Å². The molecule has 0 spiro atoms. The molecule has 1 aliphatic carbocycles. The van der Waals surface area contributed by atoms with Gasteiger partial charge in [-0.1, -0.05) is 6.92 Å². The van der Waals surface area contributed by atoms with Crippen LogP contribution in [0.3, 0.4) is 0 Å². The lowest BCUT2D eigenvalue weighted by molar-refractivity contribution is 0.273. The van der Waals surface area contributed by atoms with Crippen LogP contribution in [0.1, 0.15) is 37.6 Å². The largest absolute Gasteiger partial charge is 0.390 e. The van der Waals surface area contributed by atoms with Gasteiger partial charge in [0.05, 0.1) is 12.3 Å². The number of aromatic amines is 1. The smallest absolute Gasteiger partial charge is 0.244 e. The van der Waals surface area contributed by atoms with Crippen LogP contribution in [-0.4, -0.2) is 30.3 Å². The molecule has 7 heteroatoms. The van der Waals surface area contributed by atoms with Crippen molar-refractivity contribution in [1.82, 2.24) is 14.9 Å². The molecule has 0 unspecified atom stereocenters. The maximum Gasteiger partial charge on any atom is 0.244 e. The molecular weight excluding hydrogens is 254 g/mol. The van der Waals surface area contributed by atoms with Gasteiger partial charge in [-0.05, 0) is 31.6 Å². The van der Waals surface area contributed by atoms with E-state index in [4.69, 9.17) is 5.11 Å². The van der Waals surface area contributed by atoms with Gasteiger partial charge in [0.15, 0.2) is 0 Å². The highest BCUT2D eigenvalue weighted by molar-refractivity contribution is 7.89. The molecule has 0 saturated heterocycles. The summed E-state index contributed by atoms with van der Waals surface area (Å²) in [6, 6.07) is 0. The van der Waals surface area contributed by atoms with Crippen molar-refractivity contribution < 1.29 is 13.5 Å². The summed E-state index contributed by atoms with van der Waals surface area (Å²) in [7, 11) is -3.60. The number of aliphatic hydroxyl groups excluding tert-OH is 1. The monoisotopic (exact) mass is 273 g/mol. The fourth-order valence-corrected chi connectivity index (χ4v) is 3.60. The molecule has 18 heavy (non-hydrogen) atoms. The van der Waals surface area contributed by atoms with Gasteiger partial charge in [-0.2, -0.15) is 5.10 Å². The summed E-state index contributed by atoms with van der Waals surface area (Å²) in [5.74, 6) is 0. The molecule has 1 aliphatic rings.